The van der Waals surface area contributed by atoms with Gasteiger partial charge in [0.1, 0.15) is 94.3 Å². The lowest BCUT2D eigenvalue weighted by Gasteiger charge is -2.05. The second-order valence-corrected chi connectivity index (χ2v) is 23.4. The molecule has 29 nitrogen and oxygen atoms in total. The van der Waals surface area contributed by atoms with Crippen molar-refractivity contribution in [3.8, 4) is 62.8 Å². The molecule has 0 aliphatic rings. The van der Waals surface area contributed by atoms with Crippen molar-refractivity contribution in [2.45, 2.75) is 79.6 Å². The molecule has 0 unspecified atom stereocenters. The molecule has 0 fully saturated rings. The van der Waals surface area contributed by atoms with Crippen LogP contribution in [0.1, 0.15) is 79.6 Å². The van der Waals surface area contributed by atoms with Gasteiger partial charge >= 0.3 is 0 Å². The van der Waals surface area contributed by atoms with E-state index in [2.05, 4.69) is 93.8 Å². The SMILES string of the molecule is CC(C)n1nc(-c2cc3c(Cl)c(O)ccc3[nH]2)c2c(N)ncnc21.CC(C)n1nc(-c2cc3ccc(O)cc3[nH]2)c2c(N)ncnc21.CC(C)n1nc(-c2cc3cnccc3[nH]2)c2c(N)ncnc21.COc1cnc2[nH]c(-c3nn(C(C)C)c4ncnc(N)c34)cc2c1. The Labute approximate surface area is 532 Å². The maximum Gasteiger partial charge on any atom is 0.164 e. The van der Waals surface area contributed by atoms with Crippen LogP contribution in [-0.2, 0) is 0 Å². The van der Waals surface area contributed by atoms with Crippen LogP contribution >= 0.6 is 11.6 Å². The maximum absolute atomic E-state index is 9.78. The number of benzene rings is 2. The number of ether oxygens (including phenoxy) is 1. The van der Waals surface area contributed by atoms with Crippen LogP contribution in [0.25, 0.3) is 133 Å². The van der Waals surface area contributed by atoms with E-state index in [1.807, 2.05) is 109 Å². The van der Waals surface area contributed by atoms with E-state index >= 15 is 0 Å². The van der Waals surface area contributed by atoms with Crippen LogP contribution in [0.3, 0.4) is 0 Å². The first-order valence-electron chi connectivity index (χ1n) is 29.5. The molecular formula is C63H63ClN26O3. The minimum Gasteiger partial charge on any atom is -0.508 e. The van der Waals surface area contributed by atoms with Gasteiger partial charge in [0.25, 0.3) is 0 Å². The topological polar surface area (TPSA) is 417 Å². The summed E-state index contributed by atoms with van der Waals surface area (Å²) in [5, 5.41) is 45.1. The van der Waals surface area contributed by atoms with E-state index in [4.69, 9.17) is 49.5 Å². The van der Waals surface area contributed by atoms with Crippen molar-refractivity contribution in [3.63, 3.8) is 0 Å². The Balaban J connectivity index is 0.000000113. The van der Waals surface area contributed by atoms with E-state index in [0.29, 0.717) is 73.2 Å². The molecule has 0 atom stereocenters. The molecule has 0 radical (unpaired) electrons. The van der Waals surface area contributed by atoms with E-state index in [1.165, 1.54) is 25.3 Å². The Morgan fingerprint density at radius 1 is 0.441 bits per heavy atom. The fourth-order valence-electron chi connectivity index (χ4n) is 11.0. The average Bonchev–Trinajstić information content (AvgIpc) is 1.64. The van der Waals surface area contributed by atoms with Gasteiger partial charge in [-0.1, -0.05) is 11.6 Å². The molecule has 2 aromatic carbocycles. The number of anilines is 4. The summed E-state index contributed by atoms with van der Waals surface area (Å²) in [5.41, 5.74) is 36.7. The summed E-state index contributed by atoms with van der Waals surface area (Å²) in [6, 6.07) is 20.8. The van der Waals surface area contributed by atoms with E-state index in [0.717, 1.165) is 94.3 Å². The van der Waals surface area contributed by atoms with E-state index in [-0.39, 0.29) is 35.7 Å². The molecule has 0 aliphatic carbocycles. The molecule has 0 aliphatic heterocycles. The minimum atomic E-state index is 0.0372. The number of H-pyrrole nitrogens is 4. The highest BCUT2D eigenvalue weighted by Crippen LogP contribution is 2.40. The second kappa shape index (κ2) is 23.7. The first kappa shape index (κ1) is 59.9. The van der Waals surface area contributed by atoms with Gasteiger partial charge in [-0.05, 0) is 116 Å². The zero-order valence-corrected chi connectivity index (χ0v) is 52.5. The molecule has 16 rings (SSSR count). The number of nitrogens with one attached hydrogen (secondary N) is 4. The highest BCUT2D eigenvalue weighted by atomic mass is 35.5. The van der Waals surface area contributed by atoms with Crippen molar-refractivity contribution in [2.24, 2.45) is 0 Å². The van der Waals surface area contributed by atoms with Crippen LogP contribution in [0, 0.1) is 0 Å². The Hall–Kier alpha value is -12.0. The quantitative estimate of drug-likeness (QED) is 0.0641. The van der Waals surface area contributed by atoms with Gasteiger partial charge in [0.15, 0.2) is 22.6 Å². The van der Waals surface area contributed by atoms with Crippen LogP contribution in [0.15, 0.2) is 111 Å². The minimum absolute atomic E-state index is 0.0372. The molecule has 16 aromatic rings. The molecule has 14 N–H and O–H groups in total. The summed E-state index contributed by atoms with van der Waals surface area (Å²) in [5.74, 6) is 2.57. The number of fused-ring (bicyclic) bond motifs is 8. The van der Waals surface area contributed by atoms with Crippen LogP contribution in [0.4, 0.5) is 23.3 Å². The predicted molar refractivity (Wildman–Crippen MR) is 360 cm³/mol. The molecule has 0 amide bonds. The highest BCUT2D eigenvalue weighted by Gasteiger charge is 2.25. The Kier molecular flexibility index (Phi) is 15.3. The number of hydrogen-bond donors (Lipinski definition) is 10. The first-order chi connectivity index (χ1) is 44.7. The van der Waals surface area contributed by atoms with Crippen LogP contribution < -0.4 is 27.7 Å². The Morgan fingerprint density at radius 3 is 1.33 bits per heavy atom. The van der Waals surface area contributed by atoms with Gasteiger partial charge in [-0.25, -0.2) is 63.6 Å². The van der Waals surface area contributed by atoms with Crippen molar-refractivity contribution in [1.82, 2.24) is 109 Å². The van der Waals surface area contributed by atoms with E-state index < -0.39 is 0 Å². The molecular weight excluding hydrogens is 1200 g/mol. The summed E-state index contributed by atoms with van der Waals surface area (Å²) < 4.78 is 12.6. The van der Waals surface area contributed by atoms with Gasteiger partial charge in [0.05, 0.1) is 62.6 Å². The zero-order chi connectivity index (χ0) is 65.3. The average molecular weight is 1270 g/mol. The van der Waals surface area contributed by atoms with Gasteiger partial charge in [0, 0.05) is 80.7 Å². The van der Waals surface area contributed by atoms with Crippen molar-refractivity contribution in [3.05, 3.63) is 116 Å². The summed E-state index contributed by atoms with van der Waals surface area (Å²) in [7, 11) is 1.62. The number of pyridine rings is 2. The number of rotatable bonds is 9. The van der Waals surface area contributed by atoms with Gasteiger partial charge in [-0.3, -0.25) is 4.98 Å². The van der Waals surface area contributed by atoms with Gasteiger partial charge in [-0.2, -0.15) is 20.4 Å². The van der Waals surface area contributed by atoms with Crippen molar-refractivity contribution >= 4 is 123 Å². The Morgan fingerprint density at radius 2 is 0.871 bits per heavy atom. The van der Waals surface area contributed by atoms with Crippen molar-refractivity contribution < 1.29 is 14.9 Å². The molecule has 14 heterocycles. The largest absolute Gasteiger partial charge is 0.508 e. The number of aromatic hydroxyl groups is 2. The number of nitrogens with zero attached hydrogens (tertiary/aromatic N) is 18. The number of halogens is 1. The summed E-state index contributed by atoms with van der Waals surface area (Å²) in [4.78, 5) is 55.4. The summed E-state index contributed by atoms with van der Waals surface area (Å²) >= 11 is 6.19. The molecule has 0 bridgehead atoms. The third-order valence-electron chi connectivity index (χ3n) is 15.5. The zero-order valence-electron chi connectivity index (χ0n) is 51.7. The fraction of sp³-hybridized carbons (Fsp3) is 0.206. The third-order valence-corrected chi connectivity index (χ3v) is 15.9. The lowest BCUT2D eigenvalue weighted by atomic mass is 10.2. The van der Waals surface area contributed by atoms with Crippen LogP contribution in [-0.4, -0.2) is 126 Å². The molecule has 0 spiro atoms. The van der Waals surface area contributed by atoms with Gasteiger partial charge < -0.3 is 57.8 Å². The molecule has 30 heteroatoms. The monoisotopic (exact) mass is 1270 g/mol. The number of aromatic amines is 4. The normalized spacial score (nSPS) is 11.8. The molecule has 93 heavy (non-hydrogen) atoms. The first-order valence-corrected chi connectivity index (χ1v) is 29.9. The lowest BCUT2D eigenvalue weighted by molar-refractivity contribution is 0.413. The predicted octanol–water partition coefficient (Wildman–Crippen LogP) is 11.4. The standard InChI is InChI=1S/C16H15ClN6O.C16H17N7O.C16H16N6O.C15H15N7/c1-7(2)23-16-12(15(18)19-6-20-16)14(22-23)10-5-8-9(21-10)3-4-11(24)13(8)17;1-8(2)23-16-12(14(17)19-7-20-16)13(22-23)11-5-9-4-10(24-3)6-18-15(9)21-11;1-8(2)22-16-13(15(17)18-7-19-16)14(21-22)12-5-9-3-4-10(23)6-11(9)20-12;1-8(2)22-15-12(14(16)18-7-19-15)13(21-22)11-5-9-6-17-4-3-10(9)20-11/h3-7,21,24H,1-2H3,(H2,18,19,20);4-8H,1-3H3,(H,18,21)(H2,17,19,20);3-8,20,23H,1-2H3,(H2,17,18,19);3-8,20H,1-2H3,(H2,16,18,19). The number of phenols is 2. The number of nitrogens with two attached hydrogens (primary N) is 4. The molecule has 470 valence electrons. The van der Waals surface area contributed by atoms with Crippen molar-refractivity contribution in [2.75, 3.05) is 30.0 Å². The smallest absolute Gasteiger partial charge is 0.164 e. The van der Waals surface area contributed by atoms with Crippen molar-refractivity contribution in [1.29, 1.82) is 0 Å². The number of nitrogen functional groups attached to an aromatic ring is 4. The summed E-state index contributed by atoms with van der Waals surface area (Å²) in [6.07, 6.45) is 11.1. The lowest BCUT2D eigenvalue weighted by Crippen LogP contribution is -2.04. The maximum atomic E-state index is 9.78. The highest BCUT2D eigenvalue weighted by molar-refractivity contribution is 6.37. The third kappa shape index (κ3) is 10.8. The Bertz CT molecular complexity index is 5460. The van der Waals surface area contributed by atoms with E-state index in [9.17, 15) is 10.2 Å². The molecule has 0 saturated heterocycles. The van der Waals surface area contributed by atoms with Gasteiger partial charge in [0.2, 0.25) is 0 Å². The second-order valence-electron chi connectivity index (χ2n) is 23.0. The number of phenolic OH excluding ortho intramolecular Hbond substituents is 2. The fourth-order valence-corrected chi connectivity index (χ4v) is 11.3. The molecule has 14 aromatic heterocycles. The van der Waals surface area contributed by atoms with Crippen LogP contribution in [0.5, 0.6) is 17.2 Å². The summed E-state index contributed by atoms with van der Waals surface area (Å²) in [6.45, 7) is 16.3. The van der Waals surface area contributed by atoms with Gasteiger partial charge in [-0.15, -0.1) is 0 Å². The molecule has 0 saturated carbocycles. The number of aromatic nitrogens is 22. The number of methoxy groups -OCH3 is 1. The van der Waals surface area contributed by atoms with Crippen LogP contribution in [0.2, 0.25) is 5.02 Å². The van der Waals surface area contributed by atoms with E-state index in [1.54, 1.807) is 43.8 Å². The number of hydrogen-bond acceptors (Lipinski definition) is 21.